The second-order valence-corrected chi connectivity index (χ2v) is 6.76. The monoisotopic (exact) mass is 422 g/mol. The van der Waals surface area contributed by atoms with Crippen LogP contribution in [0.4, 0.5) is 5.69 Å². The second-order valence-electron chi connectivity index (χ2n) is 6.76. The smallest absolute Gasteiger partial charge is 0.203 e. The van der Waals surface area contributed by atoms with Gasteiger partial charge in [0.2, 0.25) is 5.75 Å². The molecule has 2 heterocycles. The number of nitrogens with two attached hydrogens (primary N) is 1. The Hall–Kier alpha value is -3.94. The number of ketones is 1. The average Bonchev–Trinajstić information content (AvgIpc) is 3.46. The molecule has 2 aromatic carbocycles. The standard InChI is InChI=1S/C23H22N2O6/c1-27-15-6-5-14-18(21(12-7-8-25-11-12)31-22(14)19(15)24)20(26)13-9-16(28-2)23(30-4)17(10-13)29-3/h5-7,9-11H,8,24H2,1-4H3. The Labute approximate surface area is 178 Å². The van der Waals surface area contributed by atoms with Crippen LogP contribution in [0.1, 0.15) is 21.7 Å². The summed E-state index contributed by atoms with van der Waals surface area (Å²) in [7, 11) is 6.02. The van der Waals surface area contributed by atoms with Crippen molar-refractivity contribution in [3.05, 3.63) is 47.2 Å². The summed E-state index contributed by atoms with van der Waals surface area (Å²) in [5.74, 6) is 1.74. The van der Waals surface area contributed by atoms with Crippen LogP contribution in [0.25, 0.3) is 16.5 Å². The van der Waals surface area contributed by atoms with E-state index < -0.39 is 0 Å². The summed E-state index contributed by atoms with van der Waals surface area (Å²) >= 11 is 0. The molecular formula is C23H22N2O6. The first-order chi connectivity index (χ1) is 15.0. The van der Waals surface area contributed by atoms with Crippen LogP contribution in [-0.2, 0) is 0 Å². The molecule has 0 radical (unpaired) electrons. The number of aliphatic imine (C=N–C) groups is 1. The number of hydrogen-bond acceptors (Lipinski definition) is 8. The van der Waals surface area contributed by atoms with Crippen molar-refractivity contribution in [2.45, 2.75) is 0 Å². The van der Waals surface area contributed by atoms with Gasteiger partial charge in [-0.25, -0.2) is 0 Å². The van der Waals surface area contributed by atoms with Gasteiger partial charge in [-0.15, -0.1) is 0 Å². The third-order valence-electron chi connectivity index (χ3n) is 5.14. The number of carbonyl (C=O) groups is 1. The van der Waals surface area contributed by atoms with Crippen LogP contribution >= 0.6 is 0 Å². The molecule has 3 aromatic rings. The van der Waals surface area contributed by atoms with Gasteiger partial charge in [-0.1, -0.05) is 6.08 Å². The van der Waals surface area contributed by atoms with Gasteiger partial charge in [-0.05, 0) is 24.3 Å². The first-order valence-electron chi connectivity index (χ1n) is 9.48. The molecule has 31 heavy (non-hydrogen) atoms. The minimum atomic E-state index is -0.279. The predicted molar refractivity (Wildman–Crippen MR) is 118 cm³/mol. The van der Waals surface area contributed by atoms with Gasteiger partial charge in [0.25, 0.3) is 0 Å². The highest BCUT2D eigenvalue weighted by molar-refractivity contribution is 6.24. The number of rotatable bonds is 7. The van der Waals surface area contributed by atoms with Gasteiger partial charge < -0.3 is 29.1 Å². The molecule has 2 N–H and O–H groups in total. The van der Waals surface area contributed by atoms with E-state index in [1.807, 2.05) is 6.08 Å². The van der Waals surface area contributed by atoms with Gasteiger partial charge in [0.05, 0.1) is 40.5 Å². The molecule has 8 heteroatoms. The Balaban J connectivity index is 1.97. The number of benzene rings is 2. The number of carbonyl (C=O) groups excluding carboxylic acids is 1. The highest BCUT2D eigenvalue weighted by Gasteiger charge is 2.28. The van der Waals surface area contributed by atoms with Gasteiger partial charge in [0, 0.05) is 22.7 Å². The third kappa shape index (κ3) is 3.26. The largest absolute Gasteiger partial charge is 0.494 e. The lowest BCUT2D eigenvalue weighted by Gasteiger charge is -2.14. The molecule has 0 atom stereocenters. The molecule has 0 amide bonds. The summed E-state index contributed by atoms with van der Waals surface area (Å²) in [6, 6.07) is 6.68. The highest BCUT2D eigenvalue weighted by atomic mass is 16.5. The zero-order chi connectivity index (χ0) is 22.1. The van der Waals surface area contributed by atoms with Crippen LogP contribution < -0.4 is 24.7 Å². The number of allylic oxidation sites excluding steroid dienone is 1. The van der Waals surface area contributed by atoms with E-state index in [0.717, 1.165) is 0 Å². The van der Waals surface area contributed by atoms with Crippen molar-refractivity contribution in [1.29, 1.82) is 0 Å². The van der Waals surface area contributed by atoms with Gasteiger partial charge in [0.1, 0.15) is 17.2 Å². The van der Waals surface area contributed by atoms with Crippen LogP contribution in [0.2, 0.25) is 0 Å². The van der Waals surface area contributed by atoms with E-state index in [1.165, 1.54) is 28.4 Å². The van der Waals surface area contributed by atoms with Gasteiger partial charge in [0.15, 0.2) is 22.9 Å². The highest BCUT2D eigenvalue weighted by Crippen LogP contribution is 2.42. The fourth-order valence-electron chi connectivity index (χ4n) is 3.63. The molecule has 4 rings (SSSR count). The molecule has 0 fully saturated rings. The molecule has 0 bridgehead atoms. The summed E-state index contributed by atoms with van der Waals surface area (Å²) in [5.41, 5.74) is 8.38. The molecule has 0 saturated carbocycles. The number of anilines is 1. The number of nitrogens with zero attached hydrogens (tertiary/aromatic N) is 1. The third-order valence-corrected chi connectivity index (χ3v) is 5.14. The summed E-state index contributed by atoms with van der Waals surface area (Å²) in [5, 5.41) is 0.577. The Bertz CT molecular complexity index is 1210. The zero-order valence-corrected chi connectivity index (χ0v) is 17.6. The quantitative estimate of drug-likeness (QED) is 0.457. The minimum absolute atomic E-state index is 0.279. The molecule has 0 aliphatic carbocycles. The molecule has 1 aliphatic rings. The normalized spacial score (nSPS) is 12.7. The second kappa shape index (κ2) is 8.06. The number of fused-ring (bicyclic) bond motifs is 1. The molecule has 0 spiro atoms. The number of nitrogen functional groups attached to an aromatic ring is 1. The van der Waals surface area contributed by atoms with Gasteiger partial charge >= 0.3 is 0 Å². The molecule has 8 nitrogen and oxygen atoms in total. The molecule has 1 aromatic heterocycles. The number of furan rings is 1. The van der Waals surface area contributed by atoms with E-state index in [1.54, 1.807) is 30.5 Å². The molecule has 1 aliphatic heterocycles. The Morgan fingerprint density at radius 2 is 1.68 bits per heavy atom. The zero-order valence-electron chi connectivity index (χ0n) is 17.6. The Kier molecular flexibility index (Phi) is 5.29. The summed E-state index contributed by atoms with van der Waals surface area (Å²) < 4.78 is 27.6. The number of hydrogen-bond donors (Lipinski definition) is 1. The van der Waals surface area contributed by atoms with E-state index in [-0.39, 0.29) is 5.78 Å². The molecule has 0 saturated heterocycles. The molecule has 0 unspecified atom stereocenters. The molecular weight excluding hydrogens is 400 g/mol. The predicted octanol–water partition coefficient (Wildman–Crippen LogP) is 3.75. The lowest BCUT2D eigenvalue weighted by Crippen LogP contribution is -2.06. The van der Waals surface area contributed by atoms with E-state index in [0.29, 0.717) is 68.7 Å². The first kappa shape index (κ1) is 20.3. The maximum Gasteiger partial charge on any atom is 0.203 e. The van der Waals surface area contributed by atoms with Crippen LogP contribution in [0.3, 0.4) is 0 Å². The van der Waals surface area contributed by atoms with Crippen molar-refractivity contribution in [1.82, 2.24) is 0 Å². The van der Waals surface area contributed by atoms with Crippen molar-refractivity contribution >= 4 is 34.2 Å². The van der Waals surface area contributed by atoms with E-state index in [9.17, 15) is 4.79 Å². The average molecular weight is 422 g/mol. The lowest BCUT2D eigenvalue weighted by molar-refractivity contribution is 0.103. The van der Waals surface area contributed by atoms with Crippen LogP contribution in [0, 0.1) is 0 Å². The van der Waals surface area contributed by atoms with E-state index in [2.05, 4.69) is 4.99 Å². The van der Waals surface area contributed by atoms with Crippen molar-refractivity contribution in [2.24, 2.45) is 4.99 Å². The summed E-state index contributed by atoms with van der Waals surface area (Å²) in [6.45, 7) is 0.517. The van der Waals surface area contributed by atoms with Crippen molar-refractivity contribution < 1.29 is 28.2 Å². The SMILES string of the molecule is COc1cc(C(=O)c2c(C3=CCN=C3)oc3c(N)c(OC)ccc23)cc(OC)c1OC. The Morgan fingerprint density at radius 3 is 2.23 bits per heavy atom. The summed E-state index contributed by atoms with van der Waals surface area (Å²) in [6.07, 6.45) is 3.56. The maximum atomic E-state index is 13.7. The topological polar surface area (TPSA) is 106 Å². The van der Waals surface area contributed by atoms with Crippen LogP contribution in [0.15, 0.2) is 39.8 Å². The van der Waals surface area contributed by atoms with Crippen LogP contribution in [0.5, 0.6) is 23.0 Å². The van der Waals surface area contributed by atoms with Gasteiger partial charge in [-0.2, -0.15) is 0 Å². The number of methoxy groups -OCH3 is 4. The minimum Gasteiger partial charge on any atom is -0.494 e. The first-order valence-corrected chi connectivity index (χ1v) is 9.48. The Morgan fingerprint density at radius 1 is 1.00 bits per heavy atom. The lowest BCUT2D eigenvalue weighted by atomic mass is 9.97. The van der Waals surface area contributed by atoms with E-state index >= 15 is 0 Å². The maximum absolute atomic E-state index is 13.7. The van der Waals surface area contributed by atoms with Crippen molar-refractivity contribution in [2.75, 3.05) is 40.7 Å². The molecule has 160 valence electrons. The van der Waals surface area contributed by atoms with E-state index in [4.69, 9.17) is 29.1 Å². The number of ether oxygens (including phenoxy) is 4. The fraction of sp³-hybridized carbons (Fsp3) is 0.217. The summed E-state index contributed by atoms with van der Waals surface area (Å²) in [4.78, 5) is 18.0. The van der Waals surface area contributed by atoms with Crippen LogP contribution in [-0.4, -0.2) is 47.0 Å². The van der Waals surface area contributed by atoms with Crippen molar-refractivity contribution in [3.63, 3.8) is 0 Å². The fourth-order valence-corrected chi connectivity index (χ4v) is 3.63. The van der Waals surface area contributed by atoms with Gasteiger partial charge in [-0.3, -0.25) is 9.79 Å². The van der Waals surface area contributed by atoms with Crippen molar-refractivity contribution in [3.8, 4) is 23.0 Å².